The maximum absolute atomic E-state index is 13.7. The van der Waals surface area contributed by atoms with Gasteiger partial charge in [0.05, 0.1) is 11.6 Å². The zero-order chi connectivity index (χ0) is 19.4. The number of hydrogen-bond acceptors (Lipinski definition) is 3. The van der Waals surface area contributed by atoms with Gasteiger partial charge in [-0.3, -0.25) is 4.79 Å². The third-order valence-corrected chi connectivity index (χ3v) is 4.41. The number of likely N-dealkylation sites (tertiary alicyclic amines) is 1. The Kier molecular flexibility index (Phi) is 5.63. The number of halogens is 2. The molecular formula is C19H20F2N4O2. The number of nitrogens with one attached hydrogen (secondary N) is 2. The first-order valence-electron chi connectivity index (χ1n) is 8.67. The largest absolute Gasteiger partial charge is 0.324 e. The summed E-state index contributed by atoms with van der Waals surface area (Å²) in [6, 6.07) is 5.99. The van der Waals surface area contributed by atoms with E-state index in [0.717, 1.165) is 11.6 Å². The van der Waals surface area contributed by atoms with Gasteiger partial charge in [0.25, 0.3) is 0 Å². The van der Waals surface area contributed by atoms with E-state index in [4.69, 9.17) is 0 Å². The Bertz CT molecular complexity index is 842. The van der Waals surface area contributed by atoms with Gasteiger partial charge in [0.1, 0.15) is 17.5 Å². The number of aromatic nitrogens is 1. The molecule has 1 saturated heterocycles. The molecule has 0 aliphatic carbocycles. The minimum Gasteiger partial charge on any atom is -0.324 e. The van der Waals surface area contributed by atoms with Crippen molar-refractivity contribution in [1.29, 1.82) is 0 Å². The predicted octanol–water partition coefficient (Wildman–Crippen LogP) is 3.55. The number of nitrogens with zero attached hydrogens (tertiary/aromatic N) is 2. The van der Waals surface area contributed by atoms with Crippen molar-refractivity contribution in [1.82, 2.24) is 9.88 Å². The average Bonchev–Trinajstić information content (AvgIpc) is 2.66. The first-order chi connectivity index (χ1) is 12.9. The van der Waals surface area contributed by atoms with Crippen LogP contribution in [0.15, 0.2) is 36.5 Å². The highest BCUT2D eigenvalue weighted by molar-refractivity contribution is 5.93. The van der Waals surface area contributed by atoms with Crippen LogP contribution in [0.5, 0.6) is 0 Å². The van der Waals surface area contributed by atoms with E-state index in [1.807, 2.05) is 13.0 Å². The minimum absolute atomic E-state index is 0.100. The summed E-state index contributed by atoms with van der Waals surface area (Å²) < 4.78 is 26.7. The fourth-order valence-electron chi connectivity index (χ4n) is 2.93. The maximum Gasteiger partial charge on any atom is 0.321 e. The fourth-order valence-corrected chi connectivity index (χ4v) is 2.93. The predicted molar refractivity (Wildman–Crippen MR) is 97.3 cm³/mol. The number of urea groups is 1. The molecule has 6 nitrogen and oxygen atoms in total. The highest BCUT2D eigenvalue weighted by atomic mass is 19.1. The number of rotatable bonds is 3. The molecule has 1 fully saturated rings. The lowest BCUT2D eigenvalue weighted by Gasteiger charge is -2.32. The van der Waals surface area contributed by atoms with E-state index in [9.17, 15) is 18.4 Å². The van der Waals surface area contributed by atoms with Gasteiger partial charge in [0.15, 0.2) is 0 Å². The van der Waals surface area contributed by atoms with Crippen LogP contribution in [0.3, 0.4) is 0 Å². The van der Waals surface area contributed by atoms with E-state index in [1.165, 1.54) is 11.0 Å². The molecule has 0 unspecified atom stereocenters. The first kappa shape index (κ1) is 18.8. The smallest absolute Gasteiger partial charge is 0.321 e. The normalized spacial score (nSPS) is 16.7. The lowest BCUT2D eigenvalue weighted by molar-refractivity contribution is -0.121. The van der Waals surface area contributed by atoms with Crippen molar-refractivity contribution in [3.63, 3.8) is 0 Å². The lowest BCUT2D eigenvalue weighted by Crippen LogP contribution is -2.45. The van der Waals surface area contributed by atoms with E-state index >= 15 is 0 Å². The topological polar surface area (TPSA) is 74.3 Å². The Morgan fingerprint density at radius 3 is 2.70 bits per heavy atom. The number of hydrogen-bond donors (Lipinski definition) is 2. The summed E-state index contributed by atoms with van der Waals surface area (Å²) in [5.74, 6) is -1.70. The molecule has 0 radical (unpaired) electrons. The van der Waals surface area contributed by atoms with Crippen molar-refractivity contribution in [2.45, 2.75) is 19.8 Å². The van der Waals surface area contributed by atoms with Crippen molar-refractivity contribution < 1.29 is 18.4 Å². The number of pyridine rings is 1. The van der Waals surface area contributed by atoms with Gasteiger partial charge < -0.3 is 15.5 Å². The molecule has 8 heteroatoms. The van der Waals surface area contributed by atoms with Crippen molar-refractivity contribution in [3.8, 4) is 0 Å². The van der Waals surface area contributed by atoms with Gasteiger partial charge in [-0.15, -0.1) is 0 Å². The van der Waals surface area contributed by atoms with E-state index in [1.54, 1.807) is 12.3 Å². The van der Waals surface area contributed by atoms with Crippen molar-refractivity contribution in [3.05, 3.63) is 53.7 Å². The number of anilines is 2. The van der Waals surface area contributed by atoms with Crippen LogP contribution in [0.1, 0.15) is 18.4 Å². The van der Waals surface area contributed by atoms with E-state index < -0.39 is 17.7 Å². The summed E-state index contributed by atoms with van der Waals surface area (Å²) in [6.07, 6.45) is 2.96. The van der Waals surface area contributed by atoms with Crippen LogP contribution in [0.2, 0.25) is 0 Å². The van der Waals surface area contributed by atoms with E-state index in [-0.39, 0.29) is 24.1 Å². The standard InChI is InChI=1S/C19H20F2N4O2/c1-12-4-7-17(22-10-12)24-18(26)13-3-2-8-25(11-13)19(27)23-16-6-5-14(20)9-15(16)21/h4-7,9-10,13H,2-3,8,11H2,1H3,(H,23,27)(H,22,24,26)/t13-/m0/s1. The number of amides is 3. The maximum atomic E-state index is 13.7. The number of aryl methyl sites for hydroxylation is 1. The molecule has 142 valence electrons. The van der Waals surface area contributed by atoms with Crippen LogP contribution in [0.25, 0.3) is 0 Å². The molecule has 0 bridgehead atoms. The monoisotopic (exact) mass is 374 g/mol. The zero-order valence-electron chi connectivity index (χ0n) is 14.8. The Labute approximate surface area is 155 Å². The Morgan fingerprint density at radius 2 is 2.00 bits per heavy atom. The molecule has 1 aliphatic rings. The first-order valence-corrected chi connectivity index (χ1v) is 8.67. The fraction of sp³-hybridized carbons (Fsp3) is 0.316. The van der Waals surface area contributed by atoms with Crippen molar-refractivity contribution in [2.75, 3.05) is 23.7 Å². The lowest BCUT2D eigenvalue weighted by atomic mass is 9.97. The molecule has 2 N–H and O–H groups in total. The molecule has 2 heterocycles. The van der Waals surface area contributed by atoms with Gasteiger partial charge in [-0.25, -0.2) is 18.6 Å². The third-order valence-electron chi connectivity index (χ3n) is 4.41. The van der Waals surface area contributed by atoms with Gasteiger partial charge in [-0.05, 0) is 43.5 Å². The van der Waals surface area contributed by atoms with Crippen molar-refractivity contribution in [2.24, 2.45) is 5.92 Å². The number of carbonyl (C=O) groups excluding carboxylic acids is 2. The summed E-state index contributed by atoms with van der Waals surface area (Å²) in [5.41, 5.74) is 0.887. The molecule has 0 spiro atoms. The third kappa shape index (κ3) is 4.78. The molecule has 3 amide bonds. The van der Waals surface area contributed by atoms with Crippen LogP contribution < -0.4 is 10.6 Å². The number of piperidine rings is 1. The SMILES string of the molecule is Cc1ccc(NC(=O)[C@H]2CCCN(C(=O)Nc3ccc(F)cc3F)C2)nc1. The molecule has 1 aromatic carbocycles. The molecule has 3 rings (SSSR count). The Hall–Kier alpha value is -3.03. The second-order valence-corrected chi connectivity index (χ2v) is 6.55. The van der Waals surface area contributed by atoms with Gasteiger partial charge in [-0.2, -0.15) is 0 Å². The van der Waals surface area contributed by atoms with Crippen LogP contribution in [-0.4, -0.2) is 34.9 Å². The van der Waals surface area contributed by atoms with E-state index in [0.29, 0.717) is 31.3 Å². The summed E-state index contributed by atoms with van der Waals surface area (Å²) in [6.45, 7) is 2.58. The Morgan fingerprint density at radius 1 is 1.19 bits per heavy atom. The summed E-state index contributed by atoms with van der Waals surface area (Å²) in [7, 11) is 0. The highest BCUT2D eigenvalue weighted by Crippen LogP contribution is 2.21. The zero-order valence-corrected chi connectivity index (χ0v) is 14.8. The average molecular weight is 374 g/mol. The highest BCUT2D eigenvalue weighted by Gasteiger charge is 2.29. The van der Waals surface area contributed by atoms with Crippen LogP contribution in [0, 0.1) is 24.5 Å². The summed E-state index contributed by atoms with van der Waals surface area (Å²) in [4.78, 5) is 30.4. The second-order valence-electron chi connectivity index (χ2n) is 6.55. The molecule has 27 heavy (non-hydrogen) atoms. The molecule has 1 aliphatic heterocycles. The van der Waals surface area contributed by atoms with Gasteiger partial charge in [-0.1, -0.05) is 6.07 Å². The minimum atomic E-state index is -0.847. The van der Waals surface area contributed by atoms with Gasteiger partial charge in [0, 0.05) is 25.4 Å². The van der Waals surface area contributed by atoms with Gasteiger partial charge in [0.2, 0.25) is 5.91 Å². The summed E-state index contributed by atoms with van der Waals surface area (Å²) >= 11 is 0. The van der Waals surface area contributed by atoms with Crippen LogP contribution in [-0.2, 0) is 4.79 Å². The molecule has 0 saturated carbocycles. The molecular weight excluding hydrogens is 354 g/mol. The van der Waals surface area contributed by atoms with Crippen molar-refractivity contribution >= 4 is 23.4 Å². The van der Waals surface area contributed by atoms with Crippen LogP contribution in [0.4, 0.5) is 25.1 Å². The second kappa shape index (κ2) is 8.11. The van der Waals surface area contributed by atoms with Gasteiger partial charge >= 0.3 is 6.03 Å². The molecule has 1 atom stereocenters. The Balaban J connectivity index is 1.60. The molecule has 2 aromatic rings. The quantitative estimate of drug-likeness (QED) is 0.863. The van der Waals surface area contributed by atoms with Crippen LogP contribution >= 0.6 is 0 Å². The molecule has 1 aromatic heterocycles. The summed E-state index contributed by atoms with van der Waals surface area (Å²) in [5, 5.41) is 5.18. The number of benzene rings is 1. The van der Waals surface area contributed by atoms with E-state index in [2.05, 4.69) is 15.6 Å². The number of carbonyl (C=O) groups is 2.